The van der Waals surface area contributed by atoms with Gasteiger partial charge in [-0.3, -0.25) is 10.1 Å². The molecular formula is C16H21N5O4S. The summed E-state index contributed by atoms with van der Waals surface area (Å²) in [6.45, 7) is 4.54. The maximum atomic E-state index is 13.3. The molecule has 140 valence electrons. The molecule has 2 aromatic rings. The van der Waals surface area contributed by atoms with Crippen LogP contribution in [-0.4, -0.2) is 46.8 Å². The number of sulfonamides is 1. The molecule has 1 N–H and O–H groups in total. The number of aromatic nitrogens is 2. The van der Waals surface area contributed by atoms with E-state index in [2.05, 4.69) is 10.3 Å². The van der Waals surface area contributed by atoms with E-state index in [1.54, 1.807) is 37.9 Å². The lowest BCUT2D eigenvalue weighted by molar-refractivity contribution is -0.387. The Morgan fingerprint density at radius 2 is 2.00 bits per heavy atom. The summed E-state index contributed by atoms with van der Waals surface area (Å²) in [4.78, 5) is 14.8. The van der Waals surface area contributed by atoms with Gasteiger partial charge in [-0.25, -0.2) is 13.4 Å². The molecule has 2 heterocycles. The standard InChI is InChI=1S/C16H21N5O4S/c1-11-8-13(21(22)23)15(9-12(11)2)26(24,25)20-7-4-17-10-14(20)16-18-5-6-19(16)3/h5-6,8-9,14,17H,4,7,10H2,1-3H3. The second kappa shape index (κ2) is 6.78. The van der Waals surface area contributed by atoms with Gasteiger partial charge in [-0.15, -0.1) is 0 Å². The van der Waals surface area contributed by atoms with E-state index in [0.717, 1.165) is 0 Å². The highest BCUT2D eigenvalue weighted by atomic mass is 32.2. The Morgan fingerprint density at radius 3 is 2.62 bits per heavy atom. The summed E-state index contributed by atoms with van der Waals surface area (Å²) in [7, 11) is -2.28. The number of benzene rings is 1. The molecule has 0 saturated carbocycles. The number of nitro groups is 1. The Hall–Kier alpha value is -2.30. The maximum Gasteiger partial charge on any atom is 0.289 e. The minimum Gasteiger partial charge on any atom is -0.337 e. The number of hydrogen-bond acceptors (Lipinski definition) is 6. The zero-order valence-electron chi connectivity index (χ0n) is 14.8. The number of nitrogens with zero attached hydrogens (tertiary/aromatic N) is 4. The van der Waals surface area contributed by atoms with Crippen molar-refractivity contribution in [3.8, 4) is 0 Å². The Labute approximate surface area is 151 Å². The normalized spacial score (nSPS) is 18.8. The van der Waals surface area contributed by atoms with Gasteiger partial charge in [0.15, 0.2) is 4.90 Å². The summed E-state index contributed by atoms with van der Waals surface area (Å²) in [5.41, 5.74) is 0.972. The molecule has 10 heteroatoms. The lowest BCUT2D eigenvalue weighted by atomic mass is 10.1. The average Bonchev–Trinajstić information content (AvgIpc) is 3.02. The van der Waals surface area contributed by atoms with Crippen LogP contribution in [0.25, 0.3) is 0 Å². The van der Waals surface area contributed by atoms with Crippen LogP contribution in [0.2, 0.25) is 0 Å². The summed E-state index contributed by atoms with van der Waals surface area (Å²) in [5.74, 6) is 0.590. The van der Waals surface area contributed by atoms with Gasteiger partial charge in [-0.05, 0) is 31.0 Å². The molecule has 0 amide bonds. The minimum absolute atomic E-state index is 0.212. The number of rotatable bonds is 4. The number of imidazole rings is 1. The summed E-state index contributed by atoms with van der Waals surface area (Å²) >= 11 is 0. The number of piperazine rings is 1. The highest BCUT2D eigenvalue weighted by Crippen LogP contribution is 2.34. The lowest BCUT2D eigenvalue weighted by Gasteiger charge is -2.34. The molecule has 1 atom stereocenters. The molecule has 26 heavy (non-hydrogen) atoms. The zero-order chi connectivity index (χ0) is 19.1. The van der Waals surface area contributed by atoms with Crippen molar-refractivity contribution in [2.24, 2.45) is 7.05 Å². The van der Waals surface area contributed by atoms with E-state index < -0.39 is 26.7 Å². The molecule has 3 rings (SSSR count). The van der Waals surface area contributed by atoms with E-state index in [-0.39, 0.29) is 11.4 Å². The summed E-state index contributed by atoms with van der Waals surface area (Å²) in [6.07, 6.45) is 3.35. The molecule has 1 saturated heterocycles. The van der Waals surface area contributed by atoms with Crippen molar-refractivity contribution in [1.29, 1.82) is 0 Å². The highest BCUT2D eigenvalue weighted by molar-refractivity contribution is 7.89. The van der Waals surface area contributed by atoms with Gasteiger partial charge in [0.05, 0.1) is 11.0 Å². The molecule has 0 spiro atoms. The second-order valence-corrected chi connectivity index (χ2v) is 8.25. The van der Waals surface area contributed by atoms with Crippen LogP contribution in [0, 0.1) is 24.0 Å². The van der Waals surface area contributed by atoms with E-state index in [4.69, 9.17) is 0 Å². The molecule has 1 aromatic carbocycles. The van der Waals surface area contributed by atoms with Crippen molar-refractivity contribution in [2.75, 3.05) is 19.6 Å². The van der Waals surface area contributed by atoms with Gasteiger partial charge in [-0.1, -0.05) is 0 Å². The second-order valence-electron chi connectivity index (χ2n) is 6.39. The first-order chi connectivity index (χ1) is 12.2. The predicted molar refractivity (Wildman–Crippen MR) is 95.3 cm³/mol. The van der Waals surface area contributed by atoms with Crippen LogP contribution in [0.1, 0.15) is 23.0 Å². The third-order valence-electron chi connectivity index (χ3n) is 4.71. The summed E-state index contributed by atoms with van der Waals surface area (Å²) in [6, 6.07) is 2.18. The van der Waals surface area contributed by atoms with Crippen LogP contribution in [0.3, 0.4) is 0 Å². The van der Waals surface area contributed by atoms with E-state index in [1.165, 1.54) is 16.4 Å². The van der Waals surface area contributed by atoms with Gasteiger partial charge < -0.3 is 9.88 Å². The van der Waals surface area contributed by atoms with Gasteiger partial charge in [-0.2, -0.15) is 4.31 Å². The number of nitro benzene ring substituents is 1. The molecule has 1 aromatic heterocycles. The minimum atomic E-state index is -4.07. The highest BCUT2D eigenvalue weighted by Gasteiger charge is 2.39. The van der Waals surface area contributed by atoms with Crippen molar-refractivity contribution >= 4 is 15.7 Å². The van der Waals surface area contributed by atoms with Crippen LogP contribution in [0.4, 0.5) is 5.69 Å². The van der Waals surface area contributed by atoms with Crippen LogP contribution >= 0.6 is 0 Å². The monoisotopic (exact) mass is 379 g/mol. The third kappa shape index (κ3) is 3.11. The van der Waals surface area contributed by atoms with Gasteiger partial charge in [0.2, 0.25) is 0 Å². The Bertz CT molecular complexity index is 954. The van der Waals surface area contributed by atoms with Crippen molar-refractivity contribution < 1.29 is 13.3 Å². The van der Waals surface area contributed by atoms with Crippen molar-refractivity contribution in [1.82, 2.24) is 19.2 Å². The Balaban J connectivity index is 2.13. The van der Waals surface area contributed by atoms with Gasteiger partial charge in [0.1, 0.15) is 5.82 Å². The van der Waals surface area contributed by atoms with Crippen molar-refractivity contribution in [2.45, 2.75) is 24.8 Å². The number of aryl methyl sites for hydroxylation is 3. The van der Waals surface area contributed by atoms with Crippen molar-refractivity contribution in [3.05, 3.63) is 51.6 Å². The smallest absolute Gasteiger partial charge is 0.289 e. The number of hydrogen-bond donors (Lipinski definition) is 1. The molecule has 1 fully saturated rings. The van der Waals surface area contributed by atoms with Crippen molar-refractivity contribution in [3.63, 3.8) is 0 Å². The first-order valence-electron chi connectivity index (χ1n) is 8.19. The van der Waals surface area contributed by atoms with E-state index >= 15 is 0 Å². The predicted octanol–water partition coefficient (Wildman–Crippen LogP) is 1.28. The fourth-order valence-electron chi connectivity index (χ4n) is 3.14. The zero-order valence-corrected chi connectivity index (χ0v) is 15.7. The third-order valence-corrected chi connectivity index (χ3v) is 6.65. The van der Waals surface area contributed by atoms with E-state index in [0.29, 0.717) is 30.0 Å². The fraction of sp³-hybridized carbons (Fsp3) is 0.438. The van der Waals surface area contributed by atoms with Gasteiger partial charge in [0, 0.05) is 45.1 Å². The Kier molecular flexibility index (Phi) is 4.82. The van der Waals surface area contributed by atoms with E-state index in [9.17, 15) is 18.5 Å². The molecule has 1 unspecified atom stereocenters. The summed E-state index contributed by atoms with van der Waals surface area (Å²) in [5, 5.41) is 14.6. The largest absolute Gasteiger partial charge is 0.337 e. The Morgan fingerprint density at radius 1 is 1.31 bits per heavy atom. The van der Waals surface area contributed by atoms with Crippen LogP contribution in [0.15, 0.2) is 29.4 Å². The number of nitrogens with one attached hydrogen (secondary N) is 1. The molecule has 0 radical (unpaired) electrons. The molecule has 0 bridgehead atoms. The molecular weight excluding hydrogens is 358 g/mol. The first-order valence-corrected chi connectivity index (χ1v) is 9.63. The topological polar surface area (TPSA) is 110 Å². The van der Waals surface area contributed by atoms with Gasteiger partial charge in [0.25, 0.3) is 15.7 Å². The molecule has 1 aliphatic rings. The van der Waals surface area contributed by atoms with Crippen LogP contribution in [0.5, 0.6) is 0 Å². The lowest BCUT2D eigenvalue weighted by Crippen LogP contribution is -2.49. The fourth-order valence-corrected chi connectivity index (χ4v) is 4.95. The molecule has 0 aliphatic carbocycles. The molecule has 9 nitrogen and oxygen atoms in total. The first kappa shape index (κ1) is 18.5. The van der Waals surface area contributed by atoms with Crippen LogP contribution in [-0.2, 0) is 17.1 Å². The van der Waals surface area contributed by atoms with E-state index in [1.807, 2.05) is 0 Å². The SMILES string of the molecule is Cc1cc([N+](=O)[O-])c(S(=O)(=O)N2CCNCC2c2nccn2C)cc1C. The van der Waals surface area contributed by atoms with Crippen LogP contribution < -0.4 is 5.32 Å². The quantitative estimate of drug-likeness (QED) is 0.633. The summed E-state index contributed by atoms with van der Waals surface area (Å²) < 4.78 is 29.8. The molecule has 1 aliphatic heterocycles. The average molecular weight is 379 g/mol. The van der Waals surface area contributed by atoms with Gasteiger partial charge >= 0.3 is 0 Å². The maximum absolute atomic E-state index is 13.3.